The minimum Gasteiger partial charge on any atom is -0.491 e. The third kappa shape index (κ3) is 4.71. The number of pyridine rings is 1. The van der Waals surface area contributed by atoms with E-state index in [1.54, 1.807) is 59.6 Å². The summed E-state index contributed by atoms with van der Waals surface area (Å²) in [4.78, 5) is 30.8. The number of carboxylic acids is 1. The highest BCUT2D eigenvalue weighted by Gasteiger charge is 2.47. The highest BCUT2D eigenvalue weighted by Crippen LogP contribution is 2.33. The van der Waals surface area contributed by atoms with Crippen LogP contribution in [0.3, 0.4) is 0 Å². The highest BCUT2D eigenvalue weighted by atomic mass is 35.5. The molecule has 1 aliphatic heterocycles. The van der Waals surface area contributed by atoms with Gasteiger partial charge in [0.2, 0.25) is 0 Å². The zero-order valence-electron chi connectivity index (χ0n) is 17.0. The summed E-state index contributed by atoms with van der Waals surface area (Å²) in [5.74, 6) is -0.751. The average Bonchev–Trinajstić information content (AvgIpc) is 3.25. The third-order valence-electron chi connectivity index (χ3n) is 5.58. The van der Waals surface area contributed by atoms with E-state index in [0.29, 0.717) is 34.3 Å². The Labute approximate surface area is 195 Å². The second kappa shape index (κ2) is 9.18. The number of benzene rings is 2. The predicted octanol–water partition coefficient (Wildman–Crippen LogP) is 5.05. The van der Waals surface area contributed by atoms with Crippen molar-refractivity contribution in [3.8, 4) is 17.0 Å². The normalized spacial score (nSPS) is 17.9. The molecule has 6 nitrogen and oxygen atoms in total. The lowest BCUT2D eigenvalue weighted by atomic mass is 9.88. The molecule has 4 rings (SSSR count). The van der Waals surface area contributed by atoms with Crippen LogP contribution in [0.2, 0.25) is 10.0 Å². The molecule has 0 spiro atoms. The molecule has 1 fully saturated rings. The number of likely N-dealkylation sites (tertiary alicyclic amines) is 1. The monoisotopic (exact) mass is 470 g/mol. The van der Waals surface area contributed by atoms with Crippen LogP contribution in [0, 0.1) is 5.41 Å². The molecular formula is C24H20Cl2N2O4. The van der Waals surface area contributed by atoms with E-state index < -0.39 is 11.4 Å². The molecule has 0 saturated carbocycles. The van der Waals surface area contributed by atoms with Gasteiger partial charge in [0.05, 0.1) is 11.9 Å². The van der Waals surface area contributed by atoms with Gasteiger partial charge in [-0.15, -0.1) is 0 Å². The first-order chi connectivity index (χ1) is 15.4. The van der Waals surface area contributed by atoms with Crippen molar-refractivity contribution in [2.75, 3.05) is 19.7 Å². The van der Waals surface area contributed by atoms with E-state index in [1.807, 2.05) is 12.1 Å². The fourth-order valence-corrected chi connectivity index (χ4v) is 3.91. The van der Waals surface area contributed by atoms with Crippen molar-refractivity contribution in [1.29, 1.82) is 0 Å². The summed E-state index contributed by atoms with van der Waals surface area (Å²) in [5.41, 5.74) is 0.952. The number of aromatic nitrogens is 1. The lowest BCUT2D eigenvalue weighted by Crippen LogP contribution is -2.41. The van der Waals surface area contributed by atoms with Crippen LogP contribution in [-0.2, 0) is 4.79 Å². The molecule has 8 heteroatoms. The molecule has 164 valence electrons. The SMILES string of the molecule is O=C(c1ccc(Cl)cc1)N1CCC(COc2ccc(-c3ccc(Cl)cc3)nc2)(C(=O)O)C1. The number of ether oxygens (including phenoxy) is 1. The maximum Gasteiger partial charge on any atom is 0.315 e. The van der Waals surface area contributed by atoms with Crippen LogP contribution in [-0.4, -0.2) is 46.6 Å². The van der Waals surface area contributed by atoms with E-state index in [1.165, 1.54) is 0 Å². The smallest absolute Gasteiger partial charge is 0.315 e. The van der Waals surface area contributed by atoms with Gasteiger partial charge in [0.15, 0.2) is 0 Å². The number of hydrogen-bond acceptors (Lipinski definition) is 4. The largest absolute Gasteiger partial charge is 0.491 e. The molecule has 1 amide bonds. The Balaban J connectivity index is 1.42. The number of amides is 1. The second-order valence-electron chi connectivity index (χ2n) is 7.74. The third-order valence-corrected chi connectivity index (χ3v) is 6.08. The van der Waals surface area contributed by atoms with Gasteiger partial charge in [-0.05, 0) is 55.0 Å². The number of rotatable bonds is 6. The first kappa shape index (κ1) is 22.1. The zero-order chi connectivity index (χ0) is 22.7. The molecule has 2 heterocycles. The van der Waals surface area contributed by atoms with Crippen LogP contribution in [0.1, 0.15) is 16.8 Å². The molecule has 1 unspecified atom stereocenters. The van der Waals surface area contributed by atoms with Gasteiger partial charge in [-0.3, -0.25) is 14.6 Å². The summed E-state index contributed by atoms with van der Waals surface area (Å²) < 4.78 is 5.79. The Morgan fingerprint density at radius 2 is 1.66 bits per heavy atom. The van der Waals surface area contributed by atoms with Crippen molar-refractivity contribution in [2.45, 2.75) is 6.42 Å². The Morgan fingerprint density at radius 3 is 2.25 bits per heavy atom. The maximum atomic E-state index is 12.8. The number of aliphatic carboxylic acids is 1. The molecule has 3 aromatic rings. The molecule has 1 aromatic heterocycles. The molecule has 0 bridgehead atoms. The molecule has 32 heavy (non-hydrogen) atoms. The number of hydrogen-bond donors (Lipinski definition) is 1. The van der Waals surface area contributed by atoms with Crippen LogP contribution in [0.15, 0.2) is 66.9 Å². The Kier molecular flexibility index (Phi) is 6.35. The molecule has 1 N–H and O–H groups in total. The number of carbonyl (C=O) groups is 2. The molecule has 1 atom stereocenters. The van der Waals surface area contributed by atoms with Gasteiger partial charge < -0.3 is 14.7 Å². The highest BCUT2D eigenvalue weighted by molar-refractivity contribution is 6.30. The van der Waals surface area contributed by atoms with Crippen LogP contribution < -0.4 is 4.74 Å². The summed E-state index contributed by atoms with van der Waals surface area (Å²) in [7, 11) is 0. The molecule has 2 aromatic carbocycles. The summed E-state index contributed by atoms with van der Waals surface area (Å²) in [6.45, 7) is 0.347. The van der Waals surface area contributed by atoms with Gasteiger partial charge in [0.25, 0.3) is 5.91 Å². The van der Waals surface area contributed by atoms with E-state index in [9.17, 15) is 14.7 Å². The second-order valence-corrected chi connectivity index (χ2v) is 8.62. The van der Waals surface area contributed by atoms with Crippen LogP contribution in [0.25, 0.3) is 11.3 Å². The van der Waals surface area contributed by atoms with E-state index in [2.05, 4.69) is 4.98 Å². The molecule has 1 saturated heterocycles. The summed E-state index contributed by atoms with van der Waals surface area (Å²) in [6, 6.07) is 17.4. The topological polar surface area (TPSA) is 79.7 Å². The number of halogens is 2. The average molecular weight is 471 g/mol. The summed E-state index contributed by atoms with van der Waals surface area (Å²) in [5, 5.41) is 11.1. The van der Waals surface area contributed by atoms with E-state index in [-0.39, 0.29) is 19.1 Å². The predicted molar refractivity (Wildman–Crippen MR) is 122 cm³/mol. The van der Waals surface area contributed by atoms with Crippen molar-refractivity contribution in [1.82, 2.24) is 9.88 Å². The molecular weight excluding hydrogens is 451 g/mol. The lowest BCUT2D eigenvalue weighted by molar-refractivity contribution is -0.149. The van der Waals surface area contributed by atoms with E-state index in [0.717, 1.165) is 11.3 Å². The van der Waals surface area contributed by atoms with Gasteiger partial charge in [-0.2, -0.15) is 0 Å². The van der Waals surface area contributed by atoms with E-state index >= 15 is 0 Å². The quantitative estimate of drug-likeness (QED) is 0.544. The van der Waals surface area contributed by atoms with Crippen LogP contribution in [0.5, 0.6) is 5.75 Å². The Morgan fingerprint density at radius 1 is 1.00 bits per heavy atom. The number of nitrogens with zero attached hydrogens (tertiary/aromatic N) is 2. The first-order valence-corrected chi connectivity index (χ1v) is 10.7. The minimum atomic E-state index is -1.18. The first-order valence-electron chi connectivity index (χ1n) is 9.99. The molecule has 0 aliphatic carbocycles. The maximum absolute atomic E-state index is 12.8. The van der Waals surface area contributed by atoms with Crippen LogP contribution in [0.4, 0.5) is 0 Å². The molecule has 0 radical (unpaired) electrons. The summed E-state index contributed by atoms with van der Waals surface area (Å²) >= 11 is 11.8. The fourth-order valence-electron chi connectivity index (χ4n) is 3.65. The van der Waals surface area contributed by atoms with Crippen molar-refractivity contribution in [3.63, 3.8) is 0 Å². The van der Waals surface area contributed by atoms with Crippen molar-refractivity contribution < 1.29 is 19.4 Å². The van der Waals surface area contributed by atoms with Gasteiger partial charge in [0.1, 0.15) is 17.8 Å². The van der Waals surface area contributed by atoms with E-state index in [4.69, 9.17) is 27.9 Å². The van der Waals surface area contributed by atoms with Gasteiger partial charge in [-0.1, -0.05) is 35.3 Å². The summed E-state index contributed by atoms with van der Waals surface area (Å²) in [6.07, 6.45) is 1.86. The van der Waals surface area contributed by atoms with Crippen molar-refractivity contribution in [3.05, 3.63) is 82.5 Å². The van der Waals surface area contributed by atoms with Gasteiger partial charge in [-0.25, -0.2) is 0 Å². The minimum absolute atomic E-state index is 0.0608. The van der Waals surface area contributed by atoms with Crippen molar-refractivity contribution >= 4 is 35.1 Å². The van der Waals surface area contributed by atoms with Gasteiger partial charge in [0, 0.05) is 34.3 Å². The number of carbonyl (C=O) groups excluding carboxylic acids is 1. The Bertz CT molecular complexity index is 1120. The molecule has 1 aliphatic rings. The lowest BCUT2D eigenvalue weighted by Gasteiger charge is -2.25. The standard InChI is InChI=1S/C24H20Cl2N2O4/c25-18-5-1-16(2-6-18)21-10-9-20(13-27-21)32-15-24(23(30)31)11-12-28(14-24)22(29)17-3-7-19(26)8-4-17/h1-10,13H,11-12,14-15H2,(H,30,31). The zero-order valence-corrected chi connectivity index (χ0v) is 18.5. The Hall–Kier alpha value is -3.09. The fraction of sp³-hybridized carbons (Fsp3) is 0.208. The number of carboxylic acid groups (broad SMARTS) is 1. The van der Waals surface area contributed by atoms with Crippen molar-refractivity contribution in [2.24, 2.45) is 5.41 Å². The van der Waals surface area contributed by atoms with Gasteiger partial charge >= 0.3 is 5.97 Å². The van der Waals surface area contributed by atoms with Crippen LogP contribution >= 0.6 is 23.2 Å².